The lowest BCUT2D eigenvalue weighted by atomic mass is 10.2. The van der Waals surface area contributed by atoms with Gasteiger partial charge < -0.3 is 0 Å². The summed E-state index contributed by atoms with van der Waals surface area (Å²) in [6.07, 6.45) is 7.54. The maximum Gasteiger partial charge on any atom is 0.0961 e. The highest BCUT2D eigenvalue weighted by Crippen LogP contribution is 2.28. The van der Waals surface area contributed by atoms with E-state index < -0.39 is 0 Å². The number of hydrogen-bond donors (Lipinski definition) is 0. The van der Waals surface area contributed by atoms with Crippen molar-refractivity contribution < 1.29 is 0 Å². The zero-order chi connectivity index (χ0) is 18.3. The molecular weight excluding hydrogens is 371 g/mol. The van der Waals surface area contributed by atoms with E-state index in [2.05, 4.69) is 10.2 Å². The lowest BCUT2D eigenvalue weighted by Crippen LogP contribution is -2.04. The second-order valence-corrected chi connectivity index (χ2v) is 6.94. The number of nitrogens with zero attached hydrogens (tertiary/aromatic N) is 6. The van der Waals surface area contributed by atoms with Crippen molar-refractivity contribution in [3.05, 3.63) is 64.7 Å². The molecule has 0 atom stereocenters. The topological polar surface area (TPSA) is 53.5 Å². The third-order valence-corrected chi connectivity index (χ3v) is 4.84. The minimum Gasteiger partial charge on any atom is -0.275 e. The van der Waals surface area contributed by atoms with E-state index in [1.807, 2.05) is 55.6 Å². The zero-order valence-electron chi connectivity index (χ0n) is 14.3. The predicted octanol–water partition coefficient (Wildman–Crippen LogP) is 4.04. The molecule has 0 unspecified atom stereocenters. The minimum absolute atomic E-state index is 0.534. The van der Waals surface area contributed by atoms with Crippen LogP contribution in [-0.2, 0) is 20.6 Å². The van der Waals surface area contributed by atoms with Crippen LogP contribution in [0.1, 0.15) is 5.56 Å². The first-order chi connectivity index (χ1) is 12.5. The summed E-state index contributed by atoms with van der Waals surface area (Å²) >= 11 is 12.2. The van der Waals surface area contributed by atoms with Crippen LogP contribution >= 0.6 is 23.2 Å². The molecule has 0 amide bonds. The normalized spacial score (nSPS) is 11.2. The van der Waals surface area contributed by atoms with Crippen LogP contribution in [-0.4, -0.2) is 29.3 Å². The highest BCUT2D eigenvalue weighted by Gasteiger charge is 2.14. The maximum absolute atomic E-state index is 6.16. The number of rotatable bonds is 4. The summed E-state index contributed by atoms with van der Waals surface area (Å²) in [4.78, 5) is 0. The first-order valence-corrected chi connectivity index (χ1v) is 8.75. The van der Waals surface area contributed by atoms with Gasteiger partial charge >= 0.3 is 0 Å². The highest BCUT2D eigenvalue weighted by atomic mass is 35.5. The molecule has 0 aliphatic carbocycles. The van der Waals surface area contributed by atoms with Gasteiger partial charge in [0.15, 0.2) is 0 Å². The summed E-state index contributed by atoms with van der Waals surface area (Å²) in [5, 5.41) is 14.4. The molecule has 1 aromatic carbocycles. The summed E-state index contributed by atoms with van der Waals surface area (Å²) in [5.74, 6) is 0. The van der Waals surface area contributed by atoms with Gasteiger partial charge in [0.1, 0.15) is 0 Å². The largest absolute Gasteiger partial charge is 0.275 e. The Balaban J connectivity index is 1.78. The Morgan fingerprint density at radius 2 is 1.58 bits per heavy atom. The van der Waals surface area contributed by atoms with Crippen LogP contribution in [0.3, 0.4) is 0 Å². The zero-order valence-corrected chi connectivity index (χ0v) is 15.8. The number of aryl methyl sites for hydroxylation is 2. The van der Waals surface area contributed by atoms with Gasteiger partial charge in [-0.2, -0.15) is 15.3 Å². The van der Waals surface area contributed by atoms with E-state index in [0.717, 1.165) is 28.1 Å². The molecule has 0 aliphatic rings. The lowest BCUT2D eigenvalue weighted by molar-refractivity contribution is 0.697. The monoisotopic (exact) mass is 386 g/mol. The van der Waals surface area contributed by atoms with E-state index in [1.165, 1.54) is 0 Å². The Labute approximate surface area is 160 Å². The van der Waals surface area contributed by atoms with Gasteiger partial charge in [0.2, 0.25) is 0 Å². The summed E-state index contributed by atoms with van der Waals surface area (Å²) in [5.41, 5.74) is 4.81. The molecule has 0 aliphatic heterocycles. The van der Waals surface area contributed by atoms with Gasteiger partial charge in [-0.3, -0.25) is 14.0 Å². The van der Waals surface area contributed by atoms with Crippen molar-refractivity contribution >= 4 is 23.2 Å². The van der Waals surface area contributed by atoms with Crippen LogP contribution in [0.5, 0.6) is 0 Å². The van der Waals surface area contributed by atoms with E-state index in [0.29, 0.717) is 16.6 Å². The third-order valence-electron chi connectivity index (χ3n) is 4.10. The van der Waals surface area contributed by atoms with E-state index in [9.17, 15) is 0 Å². The number of hydrogen-bond acceptors (Lipinski definition) is 3. The lowest BCUT2D eigenvalue weighted by Gasteiger charge is -2.07. The van der Waals surface area contributed by atoms with Crippen molar-refractivity contribution in [1.29, 1.82) is 0 Å². The quantitative estimate of drug-likeness (QED) is 0.531. The van der Waals surface area contributed by atoms with Crippen LogP contribution in [0, 0.1) is 0 Å². The molecule has 4 aromatic rings. The molecule has 0 fully saturated rings. The van der Waals surface area contributed by atoms with E-state index in [4.69, 9.17) is 28.3 Å². The molecule has 8 heteroatoms. The fourth-order valence-corrected chi connectivity index (χ4v) is 3.15. The number of aromatic nitrogens is 6. The molecule has 0 saturated carbocycles. The van der Waals surface area contributed by atoms with Gasteiger partial charge in [0.05, 0.1) is 40.4 Å². The van der Waals surface area contributed by atoms with E-state index in [-0.39, 0.29) is 0 Å². The van der Waals surface area contributed by atoms with E-state index >= 15 is 0 Å². The van der Waals surface area contributed by atoms with Crippen LogP contribution in [0.2, 0.25) is 10.0 Å². The molecule has 0 spiro atoms. The second-order valence-electron chi connectivity index (χ2n) is 6.13. The molecule has 132 valence electrons. The molecule has 26 heavy (non-hydrogen) atoms. The van der Waals surface area contributed by atoms with Gasteiger partial charge in [-0.15, -0.1) is 0 Å². The number of benzene rings is 1. The highest BCUT2D eigenvalue weighted by molar-refractivity contribution is 6.42. The summed E-state index contributed by atoms with van der Waals surface area (Å²) in [7, 11) is 3.78. The summed E-state index contributed by atoms with van der Waals surface area (Å²) in [6.45, 7) is 0.571. The van der Waals surface area contributed by atoms with Gasteiger partial charge in [-0.05, 0) is 23.8 Å². The fraction of sp³-hybridized carbons (Fsp3) is 0.167. The molecule has 0 radical (unpaired) electrons. The van der Waals surface area contributed by atoms with Crippen molar-refractivity contribution in [2.45, 2.75) is 6.54 Å². The predicted molar refractivity (Wildman–Crippen MR) is 102 cm³/mol. The average Bonchev–Trinajstić information content (AvgIpc) is 3.31. The average molecular weight is 387 g/mol. The van der Waals surface area contributed by atoms with Crippen molar-refractivity contribution in [2.75, 3.05) is 0 Å². The van der Waals surface area contributed by atoms with Crippen molar-refractivity contribution in [2.24, 2.45) is 14.1 Å². The maximum atomic E-state index is 6.16. The molecular formula is C18H16Cl2N6. The Morgan fingerprint density at radius 1 is 0.885 bits per heavy atom. The van der Waals surface area contributed by atoms with Gasteiger partial charge in [0, 0.05) is 37.6 Å². The van der Waals surface area contributed by atoms with Gasteiger partial charge in [-0.25, -0.2) is 0 Å². The summed E-state index contributed by atoms with van der Waals surface area (Å²) < 4.78 is 5.48. The number of halogens is 2. The molecule has 3 heterocycles. The van der Waals surface area contributed by atoms with Crippen molar-refractivity contribution in [3.8, 4) is 22.5 Å². The van der Waals surface area contributed by atoms with E-state index in [1.54, 1.807) is 21.6 Å². The second kappa shape index (κ2) is 6.63. The first-order valence-electron chi connectivity index (χ1n) is 7.99. The smallest absolute Gasteiger partial charge is 0.0961 e. The molecule has 0 saturated heterocycles. The molecule has 0 bridgehead atoms. The molecule has 3 aromatic heterocycles. The van der Waals surface area contributed by atoms with Crippen molar-refractivity contribution in [3.63, 3.8) is 0 Å². The summed E-state index contributed by atoms with van der Waals surface area (Å²) in [6, 6.07) is 7.66. The molecule has 4 rings (SSSR count). The van der Waals surface area contributed by atoms with Gasteiger partial charge in [-0.1, -0.05) is 29.3 Å². The van der Waals surface area contributed by atoms with Crippen LogP contribution in [0.15, 0.2) is 49.1 Å². The standard InChI is InChI=1S/C18H16Cl2N6/c1-24-10-13(7-21-24)17-6-18(14-8-22-25(2)11-14)26(23-17)9-12-3-4-15(19)16(20)5-12/h3-8,10-11H,9H2,1-2H3. The van der Waals surface area contributed by atoms with Gasteiger partial charge in [0.25, 0.3) is 0 Å². The SMILES string of the molecule is Cn1cc(-c2cc(-c3cnn(C)c3)n(Cc3ccc(Cl)c(Cl)c3)n2)cn1. The molecule has 0 N–H and O–H groups in total. The Bertz CT molecular complexity index is 1080. The minimum atomic E-state index is 0.534. The van der Waals surface area contributed by atoms with Crippen LogP contribution < -0.4 is 0 Å². The third kappa shape index (κ3) is 3.25. The van der Waals surface area contributed by atoms with Crippen LogP contribution in [0.25, 0.3) is 22.5 Å². The Kier molecular flexibility index (Phi) is 4.30. The van der Waals surface area contributed by atoms with Crippen LogP contribution in [0.4, 0.5) is 0 Å². The molecule has 6 nitrogen and oxygen atoms in total. The Morgan fingerprint density at radius 3 is 2.19 bits per heavy atom. The van der Waals surface area contributed by atoms with Crippen molar-refractivity contribution in [1.82, 2.24) is 29.3 Å². The first kappa shape index (κ1) is 16.9. The Hall–Kier alpha value is -2.57. The fourth-order valence-electron chi connectivity index (χ4n) is 2.83.